The predicted octanol–water partition coefficient (Wildman–Crippen LogP) is 4.44. The van der Waals surface area contributed by atoms with Crippen LogP contribution in [0.5, 0.6) is 0 Å². The van der Waals surface area contributed by atoms with Gasteiger partial charge in [0, 0.05) is 13.2 Å². The number of carbonyl (C=O) groups excluding carboxylic acids is 3. The lowest BCUT2D eigenvalue weighted by Gasteiger charge is -2.27. The van der Waals surface area contributed by atoms with Gasteiger partial charge in [0.15, 0.2) is 0 Å². The van der Waals surface area contributed by atoms with Crippen molar-refractivity contribution in [2.24, 2.45) is 11.8 Å². The molecule has 8 heteroatoms. The molecule has 1 aromatic carbocycles. The fraction of sp³-hybridized carbons (Fsp3) is 0.640. The summed E-state index contributed by atoms with van der Waals surface area (Å²) in [5.41, 5.74) is 0.334. The molecule has 1 aromatic rings. The molecule has 6 atom stereocenters. The molecule has 0 bridgehead atoms. The van der Waals surface area contributed by atoms with Crippen LogP contribution in [-0.2, 0) is 19.0 Å². The highest BCUT2D eigenvalue weighted by Crippen LogP contribution is 2.37. The lowest BCUT2D eigenvalue weighted by Crippen LogP contribution is -2.44. The molecule has 2 unspecified atom stereocenters. The summed E-state index contributed by atoms with van der Waals surface area (Å²) in [6, 6.07) is 9.12. The Balaban J connectivity index is 1.52. The van der Waals surface area contributed by atoms with Crippen molar-refractivity contribution in [3.8, 4) is 0 Å². The SMILES string of the molecule is COC(CC[C@@H]1CC1NC(=O)OC(C)(C)C)[C@@H](C)C(=O)N1C(=O)O[C@@H](c2ccccc2)[C@H]1C. The van der Waals surface area contributed by atoms with E-state index in [9.17, 15) is 14.4 Å². The number of ether oxygens (including phenoxy) is 3. The van der Waals surface area contributed by atoms with Crippen LogP contribution in [0.2, 0.25) is 0 Å². The average Bonchev–Trinajstić information content (AvgIpc) is 3.40. The van der Waals surface area contributed by atoms with Gasteiger partial charge in [-0.15, -0.1) is 0 Å². The molecule has 1 heterocycles. The summed E-state index contributed by atoms with van der Waals surface area (Å²) >= 11 is 0. The van der Waals surface area contributed by atoms with Gasteiger partial charge in [-0.1, -0.05) is 37.3 Å². The van der Waals surface area contributed by atoms with E-state index < -0.39 is 35.9 Å². The summed E-state index contributed by atoms with van der Waals surface area (Å²) in [7, 11) is 1.58. The molecule has 33 heavy (non-hydrogen) atoms. The second-order valence-corrected chi connectivity index (χ2v) is 10.1. The molecule has 182 valence electrons. The summed E-state index contributed by atoms with van der Waals surface area (Å²) in [5, 5.41) is 2.89. The van der Waals surface area contributed by atoms with Gasteiger partial charge in [-0.25, -0.2) is 14.5 Å². The van der Waals surface area contributed by atoms with Crippen molar-refractivity contribution in [2.45, 2.75) is 83.8 Å². The van der Waals surface area contributed by atoms with Crippen LogP contribution in [-0.4, -0.2) is 53.9 Å². The number of nitrogens with one attached hydrogen (secondary N) is 1. The van der Waals surface area contributed by atoms with Gasteiger partial charge in [0.05, 0.1) is 18.1 Å². The molecule has 3 amide bonds. The van der Waals surface area contributed by atoms with Crippen LogP contribution in [0.4, 0.5) is 9.59 Å². The molecule has 0 spiro atoms. The van der Waals surface area contributed by atoms with Gasteiger partial charge >= 0.3 is 12.2 Å². The largest absolute Gasteiger partial charge is 0.444 e. The Morgan fingerprint density at radius 3 is 2.52 bits per heavy atom. The van der Waals surface area contributed by atoms with E-state index in [1.54, 1.807) is 14.0 Å². The van der Waals surface area contributed by atoms with Crippen molar-refractivity contribution in [3.05, 3.63) is 35.9 Å². The average molecular weight is 461 g/mol. The first-order valence-corrected chi connectivity index (χ1v) is 11.6. The van der Waals surface area contributed by atoms with Gasteiger partial charge in [-0.2, -0.15) is 0 Å². The number of rotatable bonds is 8. The maximum absolute atomic E-state index is 13.2. The molecular formula is C25H36N2O6. The standard InChI is InChI=1S/C25H36N2O6/c1-15(20(31-6)13-12-18-14-19(18)26-23(29)33-25(3,4)5)22(28)27-16(2)21(32-24(27)30)17-10-8-7-9-11-17/h7-11,15-16,18-21H,12-14H2,1-6H3,(H,26,29)/t15-,16-,18-,19?,20?,21-/m1/s1. The van der Waals surface area contributed by atoms with Gasteiger partial charge < -0.3 is 19.5 Å². The zero-order chi connectivity index (χ0) is 24.3. The Morgan fingerprint density at radius 2 is 1.91 bits per heavy atom. The first kappa shape index (κ1) is 25.0. The van der Waals surface area contributed by atoms with Crippen LogP contribution in [0.1, 0.15) is 65.5 Å². The summed E-state index contributed by atoms with van der Waals surface area (Å²) in [5.74, 6) is -0.469. The van der Waals surface area contributed by atoms with E-state index >= 15 is 0 Å². The van der Waals surface area contributed by atoms with E-state index in [1.807, 2.05) is 58.0 Å². The molecule has 0 radical (unpaired) electrons. The van der Waals surface area contributed by atoms with Crippen LogP contribution in [0.25, 0.3) is 0 Å². The van der Waals surface area contributed by atoms with E-state index in [0.29, 0.717) is 12.3 Å². The Morgan fingerprint density at radius 1 is 1.24 bits per heavy atom. The highest BCUT2D eigenvalue weighted by molar-refractivity contribution is 5.95. The highest BCUT2D eigenvalue weighted by atomic mass is 16.6. The summed E-state index contributed by atoms with van der Waals surface area (Å²) in [6.07, 6.45) is 0.497. The number of amides is 3. The van der Waals surface area contributed by atoms with Crippen molar-refractivity contribution in [2.75, 3.05) is 7.11 Å². The molecular weight excluding hydrogens is 424 g/mol. The lowest BCUT2D eigenvalue weighted by molar-refractivity contribution is -0.137. The topological polar surface area (TPSA) is 94.2 Å². The zero-order valence-corrected chi connectivity index (χ0v) is 20.4. The molecule has 1 aliphatic heterocycles. The second-order valence-electron chi connectivity index (χ2n) is 10.1. The first-order valence-electron chi connectivity index (χ1n) is 11.6. The van der Waals surface area contributed by atoms with Crippen molar-refractivity contribution in [1.29, 1.82) is 0 Å². The maximum Gasteiger partial charge on any atom is 0.417 e. The molecule has 1 saturated carbocycles. The van der Waals surface area contributed by atoms with Crippen LogP contribution in [0.3, 0.4) is 0 Å². The van der Waals surface area contributed by atoms with Crippen molar-refractivity contribution in [3.63, 3.8) is 0 Å². The molecule has 2 aliphatic rings. The zero-order valence-electron chi connectivity index (χ0n) is 20.4. The van der Waals surface area contributed by atoms with Gasteiger partial charge in [0.25, 0.3) is 0 Å². The molecule has 1 N–H and O–H groups in total. The molecule has 3 rings (SSSR count). The lowest BCUT2D eigenvalue weighted by atomic mass is 9.96. The third-order valence-corrected chi connectivity index (χ3v) is 6.33. The monoisotopic (exact) mass is 460 g/mol. The van der Waals surface area contributed by atoms with Crippen molar-refractivity contribution in [1.82, 2.24) is 10.2 Å². The number of carbonyl (C=O) groups is 3. The number of hydrogen-bond donors (Lipinski definition) is 1. The van der Waals surface area contributed by atoms with E-state index in [2.05, 4.69) is 5.32 Å². The molecule has 2 fully saturated rings. The Bertz CT molecular complexity index is 852. The van der Waals surface area contributed by atoms with Crippen LogP contribution < -0.4 is 5.32 Å². The van der Waals surface area contributed by atoms with Gasteiger partial charge in [-0.05, 0) is 58.4 Å². The number of imide groups is 1. The minimum Gasteiger partial charge on any atom is -0.444 e. The van der Waals surface area contributed by atoms with Crippen LogP contribution in [0, 0.1) is 11.8 Å². The van der Waals surface area contributed by atoms with Gasteiger partial charge in [-0.3, -0.25) is 4.79 Å². The van der Waals surface area contributed by atoms with E-state index in [-0.39, 0.29) is 18.1 Å². The number of methoxy groups -OCH3 is 1. The smallest absolute Gasteiger partial charge is 0.417 e. The second kappa shape index (κ2) is 10.1. The number of nitrogens with zero attached hydrogens (tertiary/aromatic N) is 1. The summed E-state index contributed by atoms with van der Waals surface area (Å²) in [6.45, 7) is 9.11. The molecule has 0 aromatic heterocycles. The van der Waals surface area contributed by atoms with Crippen LogP contribution >= 0.6 is 0 Å². The van der Waals surface area contributed by atoms with E-state index in [1.165, 1.54) is 4.90 Å². The number of alkyl carbamates (subject to hydrolysis) is 1. The molecule has 1 aliphatic carbocycles. The Labute approximate surface area is 195 Å². The van der Waals surface area contributed by atoms with Crippen molar-refractivity contribution < 1.29 is 28.6 Å². The minimum absolute atomic E-state index is 0.0866. The van der Waals surface area contributed by atoms with E-state index in [0.717, 1.165) is 18.4 Å². The fourth-order valence-electron chi connectivity index (χ4n) is 4.38. The van der Waals surface area contributed by atoms with Gasteiger partial charge in [0.1, 0.15) is 11.7 Å². The first-order chi connectivity index (χ1) is 15.5. The number of benzene rings is 1. The van der Waals surface area contributed by atoms with E-state index in [4.69, 9.17) is 14.2 Å². The maximum atomic E-state index is 13.2. The number of hydrogen-bond acceptors (Lipinski definition) is 6. The molecule has 1 saturated heterocycles. The summed E-state index contributed by atoms with van der Waals surface area (Å²) < 4.78 is 16.4. The van der Waals surface area contributed by atoms with Crippen LogP contribution in [0.15, 0.2) is 30.3 Å². The predicted molar refractivity (Wildman–Crippen MR) is 122 cm³/mol. The summed E-state index contributed by atoms with van der Waals surface area (Å²) in [4.78, 5) is 38.9. The van der Waals surface area contributed by atoms with Crippen molar-refractivity contribution >= 4 is 18.1 Å². The third kappa shape index (κ3) is 6.25. The quantitative estimate of drug-likeness (QED) is 0.616. The normalized spacial score (nSPS) is 26.4. The Hall–Kier alpha value is -2.61. The minimum atomic E-state index is -0.619. The van der Waals surface area contributed by atoms with Gasteiger partial charge in [0.2, 0.25) is 5.91 Å². The fourth-order valence-corrected chi connectivity index (χ4v) is 4.38. The Kier molecular flexibility index (Phi) is 7.67. The number of cyclic esters (lactones) is 1. The third-order valence-electron chi connectivity index (χ3n) is 6.33. The molecule has 8 nitrogen and oxygen atoms in total. The highest BCUT2D eigenvalue weighted by Gasteiger charge is 2.46.